The quantitative estimate of drug-likeness (QED) is 0.370. The topological polar surface area (TPSA) is 70.2 Å². The first-order valence-electron chi connectivity index (χ1n) is 12.4. The van der Waals surface area contributed by atoms with Crippen LogP contribution in [0.5, 0.6) is 0 Å². The molecule has 1 saturated heterocycles. The van der Waals surface area contributed by atoms with E-state index in [9.17, 15) is 9.59 Å². The Labute approximate surface area is 205 Å². The summed E-state index contributed by atoms with van der Waals surface area (Å²) in [5.41, 5.74) is 2.38. The third-order valence-electron chi connectivity index (χ3n) is 6.94. The molecule has 178 valence electrons. The number of hydrogen-bond acceptors (Lipinski definition) is 3. The Morgan fingerprint density at radius 1 is 0.629 bits per heavy atom. The molecule has 5 nitrogen and oxygen atoms in total. The lowest BCUT2D eigenvalue weighted by Gasteiger charge is -2.18. The summed E-state index contributed by atoms with van der Waals surface area (Å²) in [6, 6.07) is 29.3. The summed E-state index contributed by atoms with van der Waals surface area (Å²) < 4.78 is 0. The number of carbonyl (C=O) groups is 2. The average molecular weight is 466 g/mol. The fraction of sp³-hybridized carbons (Fsp3) is 0.267. The average Bonchev–Trinajstić information content (AvgIpc) is 3.39. The molecule has 1 aliphatic rings. The van der Waals surface area contributed by atoms with Crippen LogP contribution in [0.4, 0.5) is 0 Å². The van der Waals surface area contributed by atoms with Crippen molar-refractivity contribution in [3.8, 4) is 0 Å². The van der Waals surface area contributed by atoms with Crippen LogP contribution in [0.25, 0.3) is 21.5 Å². The van der Waals surface area contributed by atoms with Gasteiger partial charge in [0.2, 0.25) is 11.8 Å². The standard InChI is InChI=1S/C30H31N3O2/c34-29(32-15-13-21-9-11-23-5-1-3-7-25(23)17-21)27-19-31-20-28(27)30(35)33-16-14-22-10-12-24-6-2-4-8-26(24)18-22/h1-12,17-18,27-28,31H,13-16,19-20H2,(H,32,34)(H,33,35)/t27-,28?/m1/s1. The van der Waals surface area contributed by atoms with Crippen LogP contribution in [0.3, 0.4) is 0 Å². The predicted octanol–water partition coefficient (Wildman–Crippen LogP) is 3.85. The molecule has 5 heteroatoms. The van der Waals surface area contributed by atoms with Gasteiger partial charge >= 0.3 is 0 Å². The molecule has 2 amide bonds. The summed E-state index contributed by atoms with van der Waals surface area (Å²) >= 11 is 0. The molecule has 0 aromatic heterocycles. The minimum Gasteiger partial charge on any atom is -0.355 e. The zero-order valence-electron chi connectivity index (χ0n) is 19.8. The predicted molar refractivity (Wildman–Crippen MR) is 141 cm³/mol. The van der Waals surface area contributed by atoms with Crippen LogP contribution in [-0.4, -0.2) is 38.0 Å². The largest absolute Gasteiger partial charge is 0.355 e. The highest BCUT2D eigenvalue weighted by atomic mass is 16.2. The van der Waals surface area contributed by atoms with Gasteiger partial charge in [-0.2, -0.15) is 0 Å². The van der Waals surface area contributed by atoms with Crippen LogP contribution in [0.2, 0.25) is 0 Å². The minimum atomic E-state index is -0.340. The van der Waals surface area contributed by atoms with Crippen LogP contribution in [-0.2, 0) is 22.4 Å². The molecule has 4 aromatic rings. The second-order valence-electron chi connectivity index (χ2n) is 9.32. The van der Waals surface area contributed by atoms with E-state index < -0.39 is 0 Å². The van der Waals surface area contributed by atoms with Gasteiger partial charge in [-0.3, -0.25) is 9.59 Å². The van der Waals surface area contributed by atoms with E-state index in [0.29, 0.717) is 26.2 Å². The Morgan fingerprint density at radius 3 is 1.51 bits per heavy atom. The van der Waals surface area contributed by atoms with Gasteiger partial charge in [0, 0.05) is 26.2 Å². The van der Waals surface area contributed by atoms with Crippen molar-refractivity contribution in [1.29, 1.82) is 0 Å². The number of amides is 2. The second kappa shape index (κ2) is 10.7. The normalized spacial score (nSPS) is 17.5. The molecule has 2 atom stereocenters. The van der Waals surface area contributed by atoms with Gasteiger partial charge in [-0.1, -0.05) is 84.9 Å². The molecule has 3 N–H and O–H groups in total. The number of hydrogen-bond donors (Lipinski definition) is 3. The van der Waals surface area contributed by atoms with Gasteiger partial charge in [-0.05, 0) is 45.5 Å². The van der Waals surface area contributed by atoms with Gasteiger partial charge in [0.1, 0.15) is 0 Å². The molecule has 0 radical (unpaired) electrons. The molecular formula is C30H31N3O2. The van der Waals surface area contributed by atoms with Crippen LogP contribution >= 0.6 is 0 Å². The van der Waals surface area contributed by atoms with Crippen molar-refractivity contribution in [2.24, 2.45) is 11.8 Å². The van der Waals surface area contributed by atoms with Crippen LogP contribution < -0.4 is 16.0 Å². The van der Waals surface area contributed by atoms with Crippen molar-refractivity contribution in [1.82, 2.24) is 16.0 Å². The van der Waals surface area contributed by atoms with E-state index in [2.05, 4.69) is 76.6 Å². The van der Waals surface area contributed by atoms with E-state index in [-0.39, 0.29) is 23.7 Å². The Balaban J connectivity index is 1.10. The molecule has 1 heterocycles. The summed E-state index contributed by atoms with van der Waals surface area (Å²) in [4.78, 5) is 25.7. The number of fused-ring (bicyclic) bond motifs is 2. The smallest absolute Gasteiger partial charge is 0.225 e. The van der Waals surface area contributed by atoms with Crippen LogP contribution in [0.1, 0.15) is 11.1 Å². The highest BCUT2D eigenvalue weighted by Crippen LogP contribution is 2.19. The molecule has 1 unspecified atom stereocenters. The SMILES string of the molecule is O=C(NCCc1ccc2ccccc2c1)C1CNC[C@H]1C(=O)NCCc1ccc2ccccc2c1. The lowest BCUT2D eigenvalue weighted by atomic mass is 9.94. The van der Waals surface area contributed by atoms with Gasteiger partial charge in [-0.15, -0.1) is 0 Å². The summed E-state index contributed by atoms with van der Waals surface area (Å²) in [7, 11) is 0. The Morgan fingerprint density at radius 2 is 1.06 bits per heavy atom. The monoisotopic (exact) mass is 465 g/mol. The first-order valence-corrected chi connectivity index (χ1v) is 12.4. The number of carbonyl (C=O) groups excluding carboxylic acids is 2. The van der Waals surface area contributed by atoms with Gasteiger partial charge in [0.15, 0.2) is 0 Å². The van der Waals surface area contributed by atoms with Crippen molar-refractivity contribution in [3.05, 3.63) is 96.1 Å². The summed E-state index contributed by atoms with van der Waals surface area (Å²) in [6.45, 7) is 2.18. The van der Waals surface area contributed by atoms with E-state index in [1.54, 1.807) is 0 Å². The van der Waals surface area contributed by atoms with E-state index in [0.717, 1.165) is 12.8 Å². The van der Waals surface area contributed by atoms with E-state index in [4.69, 9.17) is 0 Å². The number of nitrogens with one attached hydrogen (secondary N) is 3. The maximum atomic E-state index is 12.9. The Hall–Kier alpha value is -3.70. The molecule has 1 fully saturated rings. The molecule has 0 bridgehead atoms. The van der Waals surface area contributed by atoms with Gasteiger partial charge in [0.25, 0.3) is 0 Å². The van der Waals surface area contributed by atoms with E-state index in [1.165, 1.54) is 32.7 Å². The van der Waals surface area contributed by atoms with Crippen LogP contribution in [0.15, 0.2) is 84.9 Å². The third kappa shape index (κ3) is 5.52. The van der Waals surface area contributed by atoms with Crippen molar-refractivity contribution in [2.75, 3.05) is 26.2 Å². The molecule has 0 saturated carbocycles. The Bertz CT molecular complexity index is 1250. The van der Waals surface area contributed by atoms with Gasteiger partial charge in [0.05, 0.1) is 11.8 Å². The second-order valence-corrected chi connectivity index (χ2v) is 9.32. The van der Waals surface area contributed by atoms with E-state index >= 15 is 0 Å². The minimum absolute atomic E-state index is 0.0505. The fourth-order valence-corrected chi connectivity index (χ4v) is 4.94. The summed E-state index contributed by atoms with van der Waals surface area (Å²) in [5, 5.41) is 14.2. The highest BCUT2D eigenvalue weighted by molar-refractivity contribution is 5.89. The molecule has 4 aromatic carbocycles. The highest BCUT2D eigenvalue weighted by Gasteiger charge is 2.37. The first kappa shape index (κ1) is 23.1. The molecular weight excluding hydrogens is 434 g/mol. The fourth-order valence-electron chi connectivity index (χ4n) is 4.94. The number of benzene rings is 4. The zero-order valence-corrected chi connectivity index (χ0v) is 19.8. The molecule has 35 heavy (non-hydrogen) atoms. The zero-order chi connectivity index (χ0) is 24.0. The van der Waals surface area contributed by atoms with Crippen molar-refractivity contribution >= 4 is 33.4 Å². The maximum Gasteiger partial charge on any atom is 0.225 e. The van der Waals surface area contributed by atoms with Crippen molar-refractivity contribution in [2.45, 2.75) is 12.8 Å². The first-order chi connectivity index (χ1) is 17.2. The summed E-state index contributed by atoms with van der Waals surface area (Å²) in [6.07, 6.45) is 1.53. The van der Waals surface area contributed by atoms with Crippen molar-refractivity contribution in [3.63, 3.8) is 0 Å². The molecule has 5 rings (SSSR count). The third-order valence-corrected chi connectivity index (χ3v) is 6.94. The lowest BCUT2D eigenvalue weighted by molar-refractivity contribution is -0.132. The van der Waals surface area contributed by atoms with Crippen LogP contribution in [0, 0.1) is 11.8 Å². The maximum absolute atomic E-state index is 12.9. The summed E-state index contributed by atoms with van der Waals surface area (Å²) in [5.74, 6) is -0.782. The molecule has 0 spiro atoms. The van der Waals surface area contributed by atoms with Gasteiger partial charge in [-0.25, -0.2) is 0 Å². The molecule has 0 aliphatic carbocycles. The van der Waals surface area contributed by atoms with Gasteiger partial charge < -0.3 is 16.0 Å². The Kier molecular flexibility index (Phi) is 7.05. The number of rotatable bonds is 8. The molecule has 1 aliphatic heterocycles. The lowest BCUT2D eigenvalue weighted by Crippen LogP contribution is -2.42. The van der Waals surface area contributed by atoms with Crippen molar-refractivity contribution < 1.29 is 9.59 Å². The van der Waals surface area contributed by atoms with E-state index in [1.807, 2.05) is 24.3 Å².